The number of benzene rings is 1. The maximum atomic E-state index is 2.69. The van der Waals surface area contributed by atoms with Gasteiger partial charge in [0.1, 0.15) is 0 Å². The average Bonchev–Trinajstić information content (AvgIpc) is 2.68. The molecule has 0 bridgehead atoms. The zero-order valence-electron chi connectivity index (χ0n) is 10.7. The molecule has 0 saturated carbocycles. The SMILES string of the molecule is Cc1ccccc1N1CCCN2CCCC2C1. The molecule has 2 saturated heterocycles. The third kappa shape index (κ3) is 2.19. The minimum atomic E-state index is 0.803. The third-order valence-electron chi connectivity index (χ3n) is 4.26. The molecular formula is C15H22N2. The number of nitrogens with zero attached hydrogens (tertiary/aromatic N) is 2. The highest BCUT2D eigenvalue weighted by molar-refractivity contribution is 5.53. The molecule has 3 rings (SSSR count). The van der Waals surface area contributed by atoms with E-state index in [0.717, 1.165) is 6.04 Å². The van der Waals surface area contributed by atoms with Gasteiger partial charge in [0.25, 0.3) is 0 Å². The summed E-state index contributed by atoms with van der Waals surface area (Å²) in [5.41, 5.74) is 2.86. The van der Waals surface area contributed by atoms with E-state index in [4.69, 9.17) is 0 Å². The molecule has 0 spiro atoms. The lowest BCUT2D eigenvalue weighted by Crippen LogP contribution is -2.36. The van der Waals surface area contributed by atoms with Gasteiger partial charge in [-0.25, -0.2) is 0 Å². The van der Waals surface area contributed by atoms with Crippen LogP contribution in [-0.4, -0.2) is 37.1 Å². The van der Waals surface area contributed by atoms with Crippen LogP contribution in [0.1, 0.15) is 24.8 Å². The van der Waals surface area contributed by atoms with E-state index in [1.165, 1.54) is 56.7 Å². The highest BCUT2D eigenvalue weighted by atomic mass is 15.3. The lowest BCUT2D eigenvalue weighted by molar-refractivity contribution is 0.273. The first-order valence-electron chi connectivity index (χ1n) is 6.89. The Morgan fingerprint density at radius 3 is 2.76 bits per heavy atom. The maximum absolute atomic E-state index is 2.69. The second-order valence-corrected chi connectivity index (χ2v) is 5.42. The second-order valence-electron chi connectivity index (χ2n) is 5.42. The fraction of sp³-hybridized carbons (Fsp3) is 0.600. The molecule has 17 heavy (non-hydrogen) atoms. The van der Waals surface area contributed by atoms with E-state index >= 15 is 0 Å². The first-order chi connectivity index (χ1) is 8.34. The maximum Gasteiger partial charge on any atom is 0.0396 e. The fourth-order valence-corrected chi connectivity index (χ4v) is 3.34. The Kier molecular flexibility index (Phi) is 3.06. The van der Waals surface area contributed by atoms with Crippen LogP contribution < -0.4 is 4.90 Å². The standard InChI is InChI=1S/C15H22N2/c1-13-6-2-3-8-15(13)17-11-5-10-16-9-4-7-14(16)12-17/h2-3,6,8,14H,4-5,7,9-12H2,1H3. The van der Waals surface area contributed by atoms with Crippen molar-refractivity contribution in [1.29, 1.82) is 0 Å². The Bertz CT molecular complexity index is 388. The number of aryl methyl sites for hydroxylation is 1. The molecule has 1 atom stereocenters. The molecule has 92 valence electrons. The Morgan fingerprint density at radius 1 is 1.06 bits per heavy atom. The Balaban J connectivity index is 1.81. The van der Waals surface area contributed by atoms with Crippen molar-refractivity contribution in [3.05, 3.63) is 29.8 Å². The van der Waals surface area contributed by atoms with Gasteiger partial charge in [-0.1, -0.05) is 18.2 Å². The normalized spacial score (nSPS) is 25.7. The number of para-hydroxylation sites is 1. The van der Waals surface area contributed by atoms with Crippen LogP contribution in [0.15, 0.2) is 24.3 Å². The van der Waals surface area contributed by atoms with E-state index < -0.39 is 0 Å². The summed E-state index contributed by atoms with van der Waals surface area (Å²) < 4.78 is 0. The van der Waals surface area contributed by atoms with Gasteiger partial charge in [-0.3, -0.25) is 4.90 Å². The van der Waals surface area contributed by atoms with E-state index in [1.807, 2.05) is 0 Å². The molecule has 1 aromatic carbocycles. The smallest absolute Gasteiger partial charge is 0.0396 e. The van der Waals surface area contributed by atoms with Crippen molar-refractivity contribution in [3.8, 4) is 0 Å². The molecule has 2 aliphatic rings. The van der Waals surface area contributed by atoms with E-state index in [9.17, 15) is 0 Å². The molecule has 2 heteroatoms. The van der Waals surface area contributed by atoms with Crippen LogP contribution in [0, 0.1) is 6.92 Å². The van der Waals surface area contributed by atoms with Gasteiger partial charge in [0.05, 0.1) is 0 Å². The number of anilines is 1. The van der Waals surface area contributed by atoms with E-state index in [-0.39, 0.29) is 0 Å². The van der Waals surface area contributed by atoms with Crippen molar-refractivity contribution in [3.63, 3.8) is 0 Å². The first kappa shape index (κ1) is 11.1. The van der Waals surface area contributed by atoms with Crippen molar-refractivity contribution in [1.82, 2.24) is 4.90 Å². The molecule has 2 fully saturated rings. The van der Waals surface area contributed by atoms with Crippen molar-refractivity contribution in [2.75, 3.05) is 31.1 Å². The first-order valence-corrected chi connectivity index (χ1v) is 6.89. The van der Waals surface area contributed by atoms with Gasteiger partial charge in [-0.15, -0.1) is 0 Å². The summed E-state index contributed by atoms with van der Waals surface area (Å²) in [6, 6.07) is 9.61. The topological polar surface area (TPSA) is 6.48 Å². The zero-order chi connectivity index (χ0) is 11.7. The highest BCUT2D eigenvalue weighted by Gasteiger charge is 2.28. The van der Waals surface area contributed by atoms with Crippen molar-refractivity contribution < 1.29 is 0 Å². The second kappa shape index (κ2) is 4.69. The number of rotatable bonds is 1. The van der Waals surface area contributed by atoms with E-state index in [0.29, 0.717) is 0 Å². The minimum Gasteiger partial charge on any atom is -0.370 e. The van der Waals surface area contributed by atoms with Crippen molar-refractivity contribution >= 4 is 5.69 Å². The molecule has 0 aromatic heterocycles. The Hall–Kier alpha value is -1.02. The molecule has 2 nitrogen and oxygen atoms in total. The predicted molar refractivity (Wildman–Crippen MR) is 72.6 cm³/mol. The van der Waals surface area contributed by atoms with Gasteiger partial charge in [0.15, 0.2) is 0 Å². The molecule has 1 aromatic rings. The predicted octanol–water partition coefficient (Wildman–Crippen LogP) is 2.67. The monoisotopic (exact) mass is 230 g/mol. The molecule has 2 heterocycles. The van der Waals surface area contributed by atoms with Gasteiger partial charge in [-0.05, 0) is 44.4 Å². The van der Waals surface area contributed by atoms with Gasteiger partial charge in [0.2, 0.25) is 0 Å². The summed E-state index contributed by atoms with van der Waals surface area (Å²) in [6.07, 6.45) is 4.10. The van der Waals surface area contributed by atoms with Crippen LogP contribution >= 0.6 is 0 Å². The van der Waals surface area contributed by atoms with Gasteiger partial charge >= 0.3 is 0 Å². The fourth-order valence-electron chi connectivity index (χ4n) is 3.34. The summed E-state index contributed by atoms with van der Waals surface area (Å²) in [5.74, 6) is 0. The van der Waals surface area contributed by atoms with Gasteiger partial charge in [0, 0.05) is 31.4 Å². The van der Waals surface area contributed by atoms with Gasteiger partial charge in [-0.2, -0.15) is 0 Å². The van der Waals surface area contributed by atoms with Crippen LogP contribution in [0.5, 0.6) is 0 Å². The van der Waals surface area contributed by atoms with E-state index in [2.05, 4.69) is 41.0 Å². The largest absolute Gasteiger partial charge is 0.370 e. The summed E-state index contributed by atoms with van der Waals surface area (Å²) >= 11 is 0. The van der Waals surface area contributed by atoms with Crippen LogP contribution in [-0.2, 0) is 0 Å². The lowest BCUT2D eigenvalue weighted by Gasteiger charge is -2.28. The number of fused-ring (bicyclic) bond motifs is 1. The average molecular weight is 230 g/mol. The zero-order valence-corrected chi connectivity index (χ0v) is 10.7. The molecule has 1 unspecified atom stereocenters. The van der Waals surface area contributed by atoms with Crippen LogP contribution in [0.2, 0.25) is 0 Å². The van der Waals surface area contributed by atoms with Crippen LogP contribution in [0.3, 0.4) is 0 Å². The van der Waals surface area contributed by atoms with Crippen LogP contribution in [0.25, 0.3) is 0 Å². The summed E-state index contributed by atoms with van der Waals surface area (Å²) in [7, 11) is 0. The quantitative estimate of drug-likeness (QED) is 0.732. The molecule has 0 radical (unpaired) electrons. The number of hydrogen-bond donors (Lipinski definition) is 0. The third-order valence-corrected chi connectivity index (χ3v) is 4.26. The molecule has 0 N–H and O–H groups in total. The summed E-state index contributed by atoms with van der Waals surface area (Å²) in [6.45, 7) is 7.30. The molecule has 2 aliphatic heterocycles. The van der Waals surface area contributed by atoms with Crippen molar-refractivity contribution in [2.45, 2.75) is 32.2 Å². The minimum absolute atomic E-state index is 0.803. The van der Waals surface area contributed by atoms with Crippen molar-refractivity contribution in [2.24, 2.45) is 0 Å². The van der Waals surface area contributed by atoms with E-state index in [1.54, 1.807) is 0 Å². The summed E-state index contributed by atoms with van der Waals surface area (Å²) in [5, 5.41) is 0. The molecule has 0 aliphatic carbocycles. The Morgan fingerprint density at radius 2 is 1.88 bits per heavy atom. The Labute approximate surface area is 104 Å². The molecule has 0 amide bonds. The summed E-state index contributed by atoms with van der Waals surface area (Å²) in [4.78, 5) is 5.30. The van der Waals surface area contributed by atoms with Crippen LogP contribution in [0.4, 0.5) is 5.69 Å². The van der Waals surface area contributed by atoms with Gasteiger partial charge < -0.3 is 4.90 Å². The highest BCUT2D eigenvalue weighted by Crippen LogP contribution is 2.26. The molecular weight excluding hydrogens is 208 g/mol. The number of hydrogen-bond acceptors (Lipinski definition) is 2. The lowest BCUT2D eigenvalue weighted by atomic mass is 10.1.